The van der Waals surface area contributed by atoms with E-state index in [-0.39, 0.29) is 12.6 Å². The molecule has 0 aromatic heterocycles. The molecule has 0 spiro atoms. The summed E-state index contributed by atoms with van der Waals surface area (Å²) in [7, 11) is 0. The fourth-order valence-corrected chi connectivity index (χ4v) is 2.81. The lowest BCUT2D eigenvalue weighted by molar-refractivity contribution is -0.153. The molecule has 0 aliphatic carbocycles. The van der Waals surface area contributed by atoms with E-state index in [0.717, 1.165) is 11.1 Å². The van der Waals surface area contributed by atoms with Crippen LogP contribution < -0.4 is 0 Å². The minimum atomic E-state index is -0.768. The Labute approximate surface area is 180 Å². The van der Waals surface area contributed by atoms with Crippen molar-refractivity contribution in [3.63, 3.8) is 0 Å². The van der Waals surface area contributed by atoms with Gasteiger partial charge in [0.1, 0.15) is 6.10 Å². The molecule has 2 rings (SSSR count). The average Bonchev–Trinajstić information content (AvgIpc) is 2.73. The summed E-state index contributed by atoms with van der Waals surface area (Å²) in [5, 5.41) is 10.6. The van der Waals surface area contributed by atoms with Crippen LogP contribution in [0.2, 0.25) is 0 Å². The van der Waals surface area contributed by atoms with Gasteiger partial charge in [-0.2, -0.15) is 0 Å². The minimum absolute atomic E-state index is 0.177. The maximum Gasteiger partial charge on any atom is 0.311 e. The molecule has 0 fully saturated rings. The number of rotatable bonds is 12. The van der Waals surface area contributed by atoms with Crippen LogP contribution in [0, 0.1) is 5.41 Å². The Balaban J connectivity index is 1.83. The lowest BCUT2D eigenvalue weighted by atomic mass is 9.97. The fourth-order valence-electron chi connectivity index (χ4n) is 2.81. The topological polar surface area (TPSA) is 65.0 Å². The molecule has 0 saturated carbocycles. The zero-order valence-corrected chi connectivity index (χ0v) is 18.3. The predicted molar refractivity (Wildman–Crippen MR) is 117 cm³/mol. The maximum absolute atomic E-state index is 11.9. The average molecular weight is 415 g/mol. The van der Waals surface area contributed by atoms with Crippen LogP contribution in [-0.4, -0.2) is 36.5 Å². The Bertz CT molecular complexity index is 724. The third kappa shape index (κ3) is 9.08. The Morgan fingerprint density at radius 1 is 0.933 bits per heavy atom. The molecule has 1 N–H and O–H groups in total. The Morgan fingerprint density at radius 2 is 1.50 bits per heavy atom. The lowest BCUT2D eigenvalue weighted by Crippen LogP contribution is -2.33. The zero-order chi connectivity index (χ0) is 21.8. The van der Waals surface area contributed by atoms with Crippen molar-refractivity contribution < 1.29 is 24.1 Å². The van der Waals surface area contributed by atoms with Gasteiger partial charge in [-0.05, 0) is 44.7 Å². The van der Waals surface area contributed by atoms with E-state index in [0.29, 0.717) is 32.7 Å². The first-order chi connectivity index (χ1) is 14.4. The quantitative estimate of drug-likeness (QED) is 0.409. The van der Waals surface area contributed by atoms with E-state index in [1.54, 1.807) is 0 Å². The highest BCUT2D eigenvalue weighted by Gasteiger charge is 2.24. The van der Waals surface area contributed by atoms with Gasteiger partial charge in [0.15, 0.2) is 0 Å². The van der Waals surface area contributed by atoms with Crippen molar-refractivity contribution in [2.24, 2.45) is 5.41 Å². The van der Waals surface area contributed by atoms with Crippen LogP contribution in [0.15, 0.2) is 60.7 Å². The smallest absolute Gasteiger partial charge is 0.311 e. The number of carbonyl (C=O) groups is 1. The van der Waals surface area contributed by atoms with Crippen LogP contribution in [0.25, 0.3) is 0 Å². The first-order valence-corrected chi connectivity index (χ1v) is 10.5. The highest BCUT2D eigenvalue weighted by atomic mass is 16.5. The van der Waals surface area contributed by atoms with E-state index in [2.05, 4.69) is 0 Å². The number of aliphatic hydroxyl groups is 1. The number of carbonyl (C=O) groups excluding carboxylic acids is 1. The van der Waals surface area contributed by atoms with Crippen molar-refractivity contribution in [3.05, 3.63) is 71.8 Å². The van der Waals surface area contributed by atoms with Gasteiger partial charge in [0.2, 0.25) is 0 Å². The van der Waals surface area contributed by atoms with Gasteiger partial charge in [-0.1, -0.05) is 60.7 Å². The van der Waals surface area contributed by atoms with Crippen LogP contribution in [-0.2, 0) is 32.2 Å². The van der Waals surface area contributed by atoms with Crippen molar-refractivity contribution >= 4 is 5.97 Å². The van der Waals surface area contributed by atoms with Gasteiger partial charge in [-0.25, -0.2) is 0 Å². The second-order valence-corrected chi connectivity index (χ2v) is 8.43. The molecule has 0 radical (unpaired) electrons. The molecule has 2 aromatic carbocycles. The largest absolute Gasteiger partial charge is 0.465 e. The van der Waals surface area contributed by atoms with Gasteiger partial charge >= 0.3 is 5.97 Å². The molecular weight excluding hydrogens is 380 g/mol. The first kappa shape index (κ1) is 24.1. The van der Waals surface area contributed by atoms with Gasteiger partial charge < -0.3 is 19.3 Å². The zero-order valence-electron chi connectivity index (χ0n) is 18.3. The molecule has 0 unspecified atom stereocenters. The number of hydrogen-bond donors (Lipinski definition) is 1. The SMILES string of the molecule is CC(C)(C)C(=O)OCCC[C@H](OCc1ccccc1)[C@H](O)COCc1ccccc1. The van der Waals surface area contributed by atoms with Gasteiger partial charge in [0.05, 0.1) is 37.9 Å². The van der Waals surface area contributed by atoms with Crippen LogP contribution in [0.5, 0.6) is 0 Å². The standard InChI is InChI=1S/C25H34O5/c1-25(2,3)24(27)29-16-10-15-23(30-18-21-13-8-5-9-14-21)22(26)19-28-17-20-11-6-4-7-12-20/h4-9,11-14,22-23,26H,10,15-19H2,1-3H3/t22-,23+/m1/s1. The summed E-state index contributed by atoms with van der Waals surface area (Å²) in [5.41, 5.74) is 1.58. The van der Waals surface area contributed by atoms with Crippen LogP contribution in [0.4, 0.5) is 0 Å². The van der Waals surface area contributed by atoms with Crippen molar-refractivity contribution in [3.8, 4) is 0 Å². The summed E-state index contributed by atoms with van der Waals surface area (Å²) < 4.78 is 17.0. The van der Waals surface area contributed by atoms with Crippen molar-refractivity contribution in [1.82, 2.24) is 0 Å². The van der Waals surface area contributed by atoms with E-state index in [4.69, 9.17) is 14.2 Å². The molecule has 0 amide bonds. The molecule has 2 aromatic rings. The van der Waals surface area contributed by atoms with Gasteiger partial charge in [0, 0.05) is 0 Å². The molecule has 164 valence electrons. The van der Waals surface area contributed by atoms with Crippen molar-refractivity contribution in [2.45, 2.75) is 59.0 Å². The van der Waals surface area contributed by atoms with Gasteiger partial charge in [0.25, 0.3) is 0 Å². The van der Waals surface area contributed by atoms with E-state index < -0.39 is 17.6 Å². The monoisotopic (exact) mass is 414 g/mol. The molecule has 5 nitrogen and oxygen atoms in total. The lowest BCUT2D eigenvalue weighted by Gasteiger charge is -2.24. The molecule has 2 atom stereocenters. The Morgan fingerprint density at radius 3 is 2.07 bits per heavy atom. The highest BCUT2D eigenvalue weighted by Crippen LogP contribution is 2.17. The van der Waals surface area contributed by atoms with Crippen LogP contribution in [0.1, 0.15) is 44.7 Å². The third-order valence-corrected chi connectivity index (χ3v) is 4.61. The third-order valence-electron chi connectivity index (χ3n) is 4.61. The molecule has 5 heteroatoms. The van der Waals surface area contributed by atoms with Gasteiger partial charge in [-0.3, -0.25) is 4.79 Å². The molecule has 0 saturated heterocycles. The number of hydrogen-bond acceptors (Lipinski definition) is 5. The molecule has 0 heterocycles. The summed E-state index contributed by atoms with van der Waals surface area (Å²) >= 11 is 0. The van der Waals surface area contributed by atoms with Crippen LogP contribution in [0.3, 0.4) is 0 Å². The summed E-state index contributed by atoms with van der Waals surface area (Å²) in [6, 6.07) is 19.7. The normalized spacial score (nSPS) is 13.6. The Hall–Kier alpha value is -2.21. The Kier molecular flexibility index (Phi) is 10.0. The molecule has 0 aliphatic heterocycles. The summed E-state index contributed by atoms with van der Waals surface area (Å²) in [6.45, 7) is 6.81. The van der Waals surface area contributed by atoms with E-state index >= 15 is 0 Å². The molecule has 30 heavy (non-hydrogen) atoms. The van der Waals surface area contributed by atoms with E-state index in [1.165, 1.54) is 0 Å². The molecular formula is C25H34O5. The van der Waals surface area contributed by atoms with E-state index in [9.17, 15) is 9.90 Å². The fraction of sp³-hybridized carbons (Fsp3) is 0.480. The van der Waals surface area contributed by atoms with E-state index in [1.807, 2.05) is 81.4 Å². The van der Waals surface area contributed by atoms with Gasteiger partial charge in [-0.15, -0.1) is 0 Å². The minimum Gasteiger partial charge on any atom is -0.465 e. The first-order valence-electron chi connectivity index (χ1n) is 10.5. The maximum atomic E-state index is 11.9. The van der Waals surface area contributed by atoms with Crippen LogP contribution >= 0.6 is 0 Å². The molecule has 0 aliphatic rings. The number of esters is 1. The number of benzene rings is 2. The van der Waals surface area contributed by atoms with Crippen molar-refractivity contribution in [1.29, 1.82) is 0 Å². The summed E-state index contributed by atoms with van der Waals surface area (Å²) in [6.07, 6.45) is 0.00185. The highest BCUT2D eigenvalue weighted by molar-refractivity contribution is 5.75. The second kappa shape index (κ2) is 12.5. The van der Waals surface area contributed by atoms with Crippen molar-refractivity contribution in [2.75, 3.05) is 13.2 Å². The number of ether oxygens (including phenoxy) is 3. The predicted octanol–water partition coefficient (Wildman–Crippen LogP) is 4.52. The number of aliphatic hydroxyl groups excluding tert-OH is 1. The summed E-state index contributed by atoms with van der Waals surface area (Å²) in [5.74, 6) is -0.226. The molecule has 0 bridgehead atoms. The second-order valence-electron chi connectivity index (χ2n) is 8.43. The summed E-state index contributed by atoms with van der Waals surface area (Å²) in [4.78, 5) is 11.9.